The van der Waals surface area contributed by atoms with Gasteiger partial charge in [0.1, 0.15) is 0 Å². The molecule has 2 nitrogen and oxygen atoms in total. The zero-order valence-corrected chi connectivity index (χ0v) is 3.89. The molecule has 0 saturated carbocycles. The summed E-state index contributed by atoms with van der Waals surface area (Å²) in [6.07, 6.45) is -0.414. The van der Waals surface area contributed by atoms with Gasteiger partial charge in [0.25, 0.3) is 0 Å². The highest BCUT2D eigenvalue weighted by molar-refractivity contribution is 5.93. The minimum Gasteiger partial charge on any atom is -0.292 e. The van der Waals surface area contributed by atoms with E-state index in [1.807, 2.05) is 0 Å². The van der Waals surface area contributed by atoms with Crippen LogP contribution in [0.5, 0.6) is 0 Å². The van der Waals surface area contributed by atoms with Crippen LogP contribution in [-0.4, -0.2) is 11.9 Å². The van der Waals surface area contributed by atoms with E-state index in [0.717, 1.165) is 6.08 Å². The lowest BCUT2D eigenvalue weighted by atomic mass is 10.3. The molecule has 1 atom stereocenters. The van der Waals surface area contributed by atoms with Crippen LogP contribution >= 0.6 is 0 Å². The molecular formula is C5H6O2. The molecule has 0 bridgehead atoms. The molecule has 0 spiro atoms. The summed E-state index contributed by atoms with van der Waals surface area (Å²) < 4.78 is 0. The average Bonchev–Trinajstić information content (AvgIpc) is 1.65. The fraction of sp³-hybridized carbons (Fsp3) is 0.200. The largest absolute Gasteiger partial charge is 0.292 e. The maximum absolute atomic E-state index is 10.0. The second kappa shape index (κ2) is 2.53. The van der Waals surface area contributed by atoms with E-state index in [2.05, 4.69) is 13.5 Å². The van der Waals surface area contributed by atoms with Crippen LogP contribution in [-0.2, 0) is 9.90 Å². The molecule has 2 heteroatoms. The molecule has 0 N–H and O–H groups in total. The van der Waals surface area contributed by atoms with Crippen molar-refractivity contribution in [1.82, 2.24) is 0 Å². The molecule has 0 aromatic carbocycles. The molecule has 2 radical (unpaired) electrons. The Morgan fingerprint density at radius 3 is 2.14 bits per heavy atom. The van der Waals surface area contributed by atoms with Crippen molar-refractivity contribution in [3.63, 3.8) is 0 Å². The first-order valence-corrected chi connectivity index (χ1v) is 1.83. The van der Waals surface area contributed by atoms with Gasteiger partial charge in [0, 0.05) is 0 Å². The molecule has 7 heavy (non-hydrogen) atoms. The zero-order chi connectivity index (χ0) is 5.86. The molecule has 0 aliphatic heterocycles. The van der Waals surface area contributed by atoms with Crippen molar-refractivity contribution in [1.29, 1.82) is 0 Å². The van der Waals surface area contributed by atoms with Gasteiger partial charge in [-0.3, -0.25) is 4.79 Å². The summed E-state index contributed by atoms with van der Waals surface area (Å²) in [5, 5.41) is 9.93. The highest BCUT2D eigenvalue weighted by Crippen LogP contribution is 1.81. The van der Waals surface area contributed by atoms with Crippen LogP contribution in [0.4, 0.5) is 0 Å². The molecule has 0 aliphatic rings. The van der Waals surface area contributed by atoms with Crippen LogP contribution in [0.2, 0.25) is 0 Å². The van der Waals surface area contributed by atoms with E-state index in [-0.39, 0.29) is 0 Å². The van der Waals surface area contributed by atoms with Crippen LogP contribution in [0.1, 0.15) is 0 Å². The molecule has 0 saturated heterocycles. The minimum atomic E-state index is -1.39. The van der Waals surface area contributed by atoms with Gasteiger partial charge in [-0.1, -0.05) is 6.58 Å². The van der Waals surface area contributed by atoms with Crippen LogP contribution in [0.15, 0.2) is 12.7 Å². The number of rotatable bonds is 2. The van der Waals surface area contributed by atoms with Gasteiger partial charge in [0.05, 0.1) is 0 Å². The van der Waals surface area contributed by atoms with Crippen molar-refractivity contribution in [2.24, 2.45) is 0 Å². The Balaban J connectivity index is 3.56. The third-order valence-corrected chi connectivity index (χ3v) is 0.519. The third-order valence-electron chi connectivity index (χ3n) is 0.519. The van der Waals surface area contributed by atoms with Gasteiger partial charge in [-0.05, 0) is 13.0 Å². The molecule has 0 amide bonds. The maximum atomic E-state index is 10.0. The highest BCUT2D eigenvalue weighted by atomic mass is 16.3. The van der Waals surface area contributed by atoms with Crippen molar-refractivity contribution in [3.05, 3.63) is 19.6 Å². The Kier molecular flexibility index (Phi) is 2.30. The molecule has 0 fully saturated rings. The predicted octanol–water partition coefficient (Wildman–Crippen LogP) is 0.375. The Morgan fingerprint density at radius 1 is 1.71 bits per heavy atom. The summed E-state index contributed by atoms with van der Waals surface area (Å²) in [4.78, 5) is 10.0. The van der Waals surface area contributed by atoms with E-state index >= 15 is 0 Å². The smallest absolute Gasteiger partial charge is 0.187 e. The first-order chi connectivity index (χ1) is 3.18. The number of hydrogen-bond acceptors (Lipinski definition) is 1. The SMILES string of the molecule is [CH2]C([O])C(=O)C=C. The van der Waals surface area contributed by atoms with Crippen LogP contribution in [0, 0.1) is 6.92 Å². The second-order valence-electron chi connectivity index (χ2n) is 1.10. The van der Waals surface area contributed by atoms with Crippen molar-refractivity contribution in [3.8, 4) is 0 Å². The van der Waals surface area contributed by atoms with Gasteiger partial charge in [-0.2, -0.15) is 0 Å². The van der Waals surface area contributed by atoms with Gasteiger partial charge < -0.3 is 0 Å². The molecule has 38 valence electrons. The standard InChI is InChI=1S/C5H6O2/c1-3-5(7)4(2)6/h3-4H,1-2H2. The quantitative estimate of drug-likeness (QED) is 0.460. The third kappa shape index (κ3) is 2.11. The van der Waals surface area contributed by atoms with Crippen LogP contribution in [0.3, 0.4) is 0 Å². The zero-order valence-electron chi connectivity index (χ0n) is 3.89. The molecule has 0 aliphatic carbocycles. The number of ketones is 1. The minimum absolute atomic E-state index is 0.556. The molecular weight excluding hydrogens is 92.1 g/mol. The van der Waals surface area contributed by atoms with E-state index in [9.17, 15) is 9.90 Å². The Morgan fingerprint density at radius 2 is 2.14 bits per heavy atom. The number of carbonyl (C=O) groups excluding carboxylic acids is 1. The lowest BCUT2D eigenvalue weighted by molar-refractivity contribution is -0.122. The summed E-state index contributed by atoms with van der Waals surface area (Å²) in [7, 11) is 0. The van der Waals surface area contributed by atoms with Crippen molar-refractivity contribution in [2.45, 2.75) is 6.10 Å². The van der Waals surface area contributed by atoms with Gasteiger partial charge in [0.15, 0.2) is 11.9 Å². The molecule has 1 unspecified atom stereocenters. The lowest BCUT2D eigenvalue weighted by Gasteiger charge is -1.88. The van der Waals surface area contributed by atoms with Crippen molar-refractivity contribution >= 4 is 5.78 Å². The van der Waals surface area contributed by atoms with E-state index in [4.69, 9.17) is 0 Å². The van der Waals surface area contributed by atoms with Gasteiger partial charge >= 0.3 is 0 Å². The molecule has 0 aromatic heterocycles. The van der Waals surface area contributed by atoms with E-state index in [1.54, 1.807) is 0 Å². The maximum Gasteiger partial charge on any atom is 0.187 e. The Hall–Kier alpha value is -0.630. The second-order valence-corrected chi connectivity index (χ2v) is 1.10. The van der Waals surface area contributed by atoms with Gasteiger partial charge in [0.2, 0.25) is 0 Å². The Bertz CT molecular complexity index is 84.1. The van der Waals surface area contributed by atoms with Crippen molar-refractivity contribution in [2.75, 3.05) is 0 Å². The van der Waals surface area contributed by atoms with E-state index in [1.165, 1.54) is 0 Å². The molecule has 0 heterocycles. The summed E-state index contributed by atoms with van der Waals surface area (Å²) in [5.74, 6) is -0.556. The first kappa shape index (κ1) is 6.37. The fourth-order valence-electron chi connectivity index (χ4n) is 0.131. The van der Waals surface area contributed by atoms with E-state index in [0.29, 0.717) is 0 Å². The van der Waals surface area contributed by atoms with E-state index < -0.39 is 11.9 Å². The lowest BCUT2D eigenvalue weighted by Crippen LogP contribution is -2.10. The molecule has 0 aromatic rings. The van der Waals surface area contributed by atoms with Gasteiger partial charge in [-0.15, -0.1) is 0 Å². The summed E-state index contributed by atoms with van der Waals surface area (Å²) in [6.45, 7) is 6.03. The summed E-state index contributed by atoms with van der Waals surface area (Å²) >= 11 is 0. The Labute approximate surface area is 42.5 Å². The topological polar surface area (TPSA) is 37.0 Å². The molecule has 0 rings (SSSR count). The highest BCUT2D eigenvalue weighted by Gasteiger charge is 2.03. The first-order valence-electron chi connectivity index (χ1n) is 1.83. The van der Waals surface area contributed by atoms with Crippen LogP contribution in [0.25, 0.3) is 0 Å². The van der Waals surface area contributed by atoms with Crippen LogP contribution < -0.4 is 0 Å². The number of carbonyl (C=O) groups is 1. The van der Waals surface area contributed by atoms with Gasteiger partial charge in [-0.25, -0.2) is 5.11 Å². The predicted molar refractivity (Wildman–Crippen MR) is 25.0 cm³/mol. The fourth-order valence-corrected chi connectivity index (χ4v) is 0.131. The average molecular weight is 98.1 g/mol. The number of hydrogen-bond donors (Lipinski definition) is 0. The summed E-state index contributed by atoms with van der Waals surface area (Å²) in [6, 6.07) is 0. The monoisotopic (exact) mass is 98.0 g/mol. The summed E-state index contributed by atoms with van der Waals surface area (Å²) in [5.41, 5.74) is 0. The van der Waals surface area contributed by atoms with Crippen molar-refractivity contribution < 1.29 is 9.90 Å². The normalized spacial score (nSPS) is 12.9.